The maximum atomic E-state index is 13.1. The lowest BCUT2D eigenvalue weighted by molar-refractivity contribution is -0.0296. The summed E-state index contributed by atoms with van der Waals surface area (Å²) in [5, 5.41) is -5.22. The SMILES string of the molecule is Cc1ccc(S(=O)(=O)NC(=O)OCC(F)C(F)(F)S(=O)(=O)O)cc1. The second kappa shape index (κ2) is 6.94. The molecule has 1 unspecified atom stereocenters. The van der Waals surface area contributed by atoms with Gasteiger partial charge in [0.15, 0.2) is 0 Å². The third-order valence-corrected chi connectivity index (χ3v) is 4.89. The number of carbonyl (C=O) groups is 1. The first kappa shape index (κ1) is 20.2. The molecule has 1 amide bonds. The molecule has 0 aliphatic heterocycles. The van der Waals surface area contributed by atoms with Gasteiger partial charge in [-0.1, -0.05) is 17.7 Å². The van der Waals surface area contributed by atoms with Crippen LogP contribution in [0.3, 0.4) is 0 Å². The molecule has 24 heavy (non-hydrogen) atoms. The van der Waals surface area contributed by atoms with Crippen molar-refractivity contribution in [2.24, 2.45) is 0 Å². The normalized spacial score (nSPS) is 14.0. The Hall–Kier alpha value is -1.86. The van der Waals surface area contributed by atoms with Gasteiger partial charge in [-0.3, -0.25) is 4.55 Å². The molecule has 0 spiro atoms. The van der Waals surface area contributed by atoms with Crippen LogP contribution in [0.2, 0.25) is 0 Å². The maximum absolute atomic E-state index is 13.1. The van der Waals surface area contributed by atoms with Crippen LogP contribution in [0.15, 0.2) is 29.2 Å². The van der Waals surface area contributed by atoms with E-state index in [2.05, 4.69) is 4.74 Å². The summed E-state index contributed by atoms with van der Waals surface area (Å²) < 4.78 is 96.4. The number of rotatable bonds is 6. The van der Waals surface area contributed by atoms with Gasteiger partial charge >= 0.3 is 21.5 Å². The minimum absolute atomic E-state index is 0.342. The minimum Gasteiger partial charge on any atom is -0.445 e. The van der Waals surface area contributed by atoms with Crippen molar-refractivity contribution >= 4 is 26.2 Å². The van der Waals surface area contributed by atoms with E-state index in [1.54, 1.807) is 6.92 Å². The molecule has 136 valence electrons. The van der Waals surface area contributed by atoms with Crippen LogP contribution >= 0.6 is 0 Å². The van der Waals surface area contributed by atoms with Crippen LogP contribution in [0.5, 0.6) is 0 Å². The number of aryl methyl sites for hydroxylation is 1. The van der Waals surface area contributed by atoms with E-state index < -0.39 is 44.3 Å². The third kappa shape index (κ3) is 4.82. The lowest BCUT2D eigenvalue weighted by Crippen LogP contribution is -2.42. The molecular formula is C11H12F3NO7S2. The van der Waals surface area contributed by atoms with E-state index in [1.807, 2.05) is 0 Å². The molecule has 0 saturated carbocycles. The van der Waals surface area contributed by atoms with Crippen LogP contribution < -0.4 is 4.72 Å². The average Bonchev–Trinajstić information content (AvgIpc) is 2.43. The lowest BCUT2D eigenvalue weighted by Gasteiger charge is -2.17. The Balaban J connectivity index is 2.71. The number of alkyl halides is 3. The second-order valence-electron chi connectivity index (χ2n) is 4.52. The predicted octanol–water partition coefficient (Wildman–Crippen LogP) is 1.23. The number of amides is 1. The first-order valence-electron chi connectivity index (χ1n) is 6.02. The van der Waals surface area contributed by atoms with Crippen molar-refractivity contribution < 1.29 is 44.1 Å². The minimum atomic E-state index is -6.07. The van der Waals surface area contributed by atoms with Gasteiger partial charge in [0.2, 0.25) is 6.17 Å². The molecule has 8 nitrogen and oxygen atoms in total. The molecule has 1 rings (SSSR count). The van der Waals surface area contributed by atoms with Crippen molar-refractivity contribution in [3.63, 3.8) is 0 Å². The van der Waals surface area contributed by atoms with Crippen molar-refractivity contribution in [1.29, 1.82) is 0 Å². The number of hydrogen-bond donors (Lipinski definition) is 2. The average molecular weight is 391 g/mol. The van der Waals surface area contributed by atoms with Crippen LogP contribution in [0.25, 0.3) is 0 Å². The summed E-state index contributed by atoms with van der Waals surface area (Å²) in [6.45, 7) is -0.128. The van der Waals surface area contributed by atoms with Gasteiger partial charge in [0, 0.05) is 0 Å². The van der Waals surface area contributed by atoms with Crippen molar-refractivity contribution in [3.05, 3.63) is 29.8 Å². The van der Waals surface area contributed by atoms with Crippen LogP contribution in [-0.2, 0) is 24.9 Å². The van der Waals surface area contributed by atoms with Crippen molar-refractivity contribution in [2.45, 2.75) is 23.2 Å². The molecule has 2 N–H and O–H groups in total. The Bertz CT molecular complexity index is 807. The molecule has 13 heteroatoms. The maximum Gasteiger partial charge on any atom is 0.421 e. The number of nitrogens with one attached hydrogen (secondary N) is 1. The summed E-state index contributed by atoms with van der Waals surface area (Å²) in [4.78, 5) is 10.9. The molecule has 0 aliphatic rings. The molecular weight excluding hydrogens is 379 g/mol. The van der Waals surface area contributed by atoms with Crippen molar-refractivity contribution in [2.75, 3.05) is 6.61 Å². The molecule has 1 atom stereocenters. The van der Waals surface area contributed by atoms with Gasteiger partial charge in [-0.05, 0) is 19.1 Å². The van der Waals surface area contributed by atoms with Gasteiger partial charge in [0.05, 0.1) is 4.90 Å². The Kier molecular flexibility index (Phi) is 5.84. The highest BCUT2D eigenvalue weighted by atomic mass is 32.2. The second-order valence-corrected chi connectivity index (χ2v) is 7.70. The zero-order valence-corrected chi connectivity index (χ0v) is 13.6. The highest BCUT2D eigenvalue weighted by molar-refractivity contribution is 7.90. The number of hydrogen-bond acceptors (Lipinski definition) is 6. The van der Waals surface area contributed by atoms with Gasteiger partial charge < -0.3 is 4.74 Å². The van der Waals surface area contributed by atoms with E-state index in [0.29, 0.717) is 0 Å². The number of halogens is 3. The zero-order chi connectivity index (χ0) is 18.8. The molecule has 0 aliphatic carbocycles. The number of carbonyl (C=O) groups excluding carboxylic acids is 1. The van der Waals surface area contributed by atoms with Gasteiger partial charge in [0.25, 0.3) is 10.0 Å². The number of ether oxygens (including phenoxy) is 1. The third-order valence-electron chi connectivity index (χ3n) is 2.62. The predicted molar refractivity (Wildman–Crippen MR) is 74.2 cm³/mol. The number of sulfonamides is 1. The van der Waals surface area contributed by atoms with Crippen molar-refractivity contribution in [3.8, 4) is 0 Å². The van der Waals surface area contributed by atoms with Gasteiger partial charge in [-0.25, -0.2) is 22.3 Å². The summed E-state index contributed by atoms with van der Waals surface area (Å²) in [5.74, 6) is 0. The first-order chi connectivity index (χ1) is 10.8. The fraction of sp³-hybridized carbons (Fsp3) is 0.364. The topological polar surface area (TPSA) is 127 Å². The fourth-order valence-electron chi connectivity index (χ4n) is 1.32. The van der Waals surface area contributed by atoms with Crippen molar-refractivity contribution in [1.82, 2.24) is 4.72 Å². The summed E-state index contributed by atoms with van der Waals surface area (Å²) in [5.41, 5.74) is 0.726. The standard InChI is InChI=1S/C11H12F3NO7S2/c1-7-2-4-8(5-3-7)23(17,18)15-10(16)22-6-9(12)11(13,14)24(19,20)21/h2-5,9H,6H2,1H3,(H,15,16)(H,19,20,21). The highest BCUT2D eigenvalue weighted by Crippen LogP contribution is 2.27. The van der Waals surface area contributed by atoms with Crippen LogP contribution in [0.1, 0.15) is 5.56 Å². The summed E-state index contributed by atoms with van der Waals surface area (Å²) >= 11 is 0. The quantitative estimate of drug-likeness (QED) is 0.698. The monoisotopic (exact) mass is 391 g/mol. The Morgan fingerprint density at radius 3 is 2.21 bits per heavy atom. The largest absolute Gasteiger partial charge is 0.445 e. The van der Waals surface area contributed by atoms with Crippen LogP contribution in [0.4, 0.5) is 18.0 Å². The molecule has 0 bridgehead atoms. The van der Waals surface area contributed by atoms with Gasteiger partial charge in [0.1, 0.15) is 6.61 Å². The Morgan fingerprint density at radius 1 is 1.25 bits per heavy atom. The van der Waals surface area contributed by atoms with E-state index in [1.165, 1.54) is 16.9 Å². The molecule has 1 aromatic carbocycles. The molecule has 0 heterocycles. The summed E-state index contributed by atoms with van der Waals surface area (Å²) in [7, 11) is -10.5. The fourth-order valence-corrected chi connectivity index (χ4v) is 2.60. The summed E-state index contributed by atoms with van der Waals surface area (Å²) in [6, 6.07) is 5.14. The van der Waals surface area contributed by atoms with E-state index in [-0.39, 0.29) is 4.90 Å². The summed E-state index contributed by atoms with van der Waals surface area (Å²) in [6.07, 6.45) is -5.40. The molecule has 1 aromatic rings. The van der Waals surface area contributed by atoms with E-state index in [4.69, 9.17) is 4.55 Å². The van der Waals surface area contributed by atoms with E-state index >= 15 is 0 Å². The Morgan fingerprint density at radius 2 is 1.75 bits per heavy atom. The van der Waals surface area contributed by atoms with E-state index in [9.17, 15) is 34.8 Å². The first-order valence-corrected chi connectivity index (χ1v) is 8.95. The van der Waals surface area contributed by atoms with Gasteiger partial charge in [-0.2, -0.15) is 17.2 Å². The van der Waals surface area contributed by atoms with E-state index in [0.717, 1.165) is 17.7 Å². The van der Waals surface area contributed by atoms with Crippen LogP contribution in [0, 0.1) is 6.92 Å². The van der Waals surface area contributed by atoms with Gasteiger partial charge in [-0.15, -0.1) is 0 Å². The molecule has 0 fully saturated rings. The van der Waals surface area contributed by atoms with Crippen LogP contribution in [-0.4, -0.2) is 45.5 Å². The molecule has 0 radical (unpaired) electrons. The lowest BCUT2D eigenvalue weighted by atomic mass is 10.2. The zero-order valence-electron chi connectivity index (χ0n) is 11.9. The Labute approximate surface area is 135 Å². The smallest absolute Gasteiger partial charge is 0.421 e. The molecule has 0 aromatic heterocycles. The molecule has 0 saturated heterocycles. The highest BCUT2D eigenvalue weighted by Gasteiger charge is 2.53. The number of benzene rings is 1.